The van der Waals surface area contributed by atoms with E-state index in [1.54, 1.807) is 43.3 Å². The maximum Gasteiger partial charge on any atom is 0.264 e. The van der Waals surface area contributed by atoms with Crippen molar-refractivity contribution in [2.24, 2.45) is 0 Å². The molecule has 2 atom stereocenters. The zero-order chi connectivity index (χ0) is 25.6. The number of H-pyrrole nitrogens is 1. The van der Waals surface area contributed by atoms with Crippen LogP contribution >= 0.6 is 11.6 Å². The molecule has 182 valence electrons. The summed E-state index contributed by atoms with van der Waals surface area (Å²) < 4.78 is 22.4. The Labute approximate surface area is 210 Å². The van der Waals surface area contributed by atoms with Crippen LogP contribution in [0.15, 0.2) is 81.6 Å². The van der Waals surface area contributed by atoms with E-state index in [0.717, 1.165) is 0 Å². The fraction of sp³-hybridized carbons (Fsp3) is 0.120. The summed E-state index contributed by atoms with van der Waals surface area (Å²) in [4.78, 5) is 38.0. The number of nitrogens with zero attached hydrogens (tertiary/aromatic N) is 3. The summed E-state index contributed by atoms with van der Waals surface area (Å²) in [7, 11) is -3.22. The van der Waals surface area contributed by atoms with E-state index in [2.05, 4.69) is 20.3 Å². The number of fused-ring (bicyclic) bond motifs is 2. The average molecular weight is 521 g/mol. The van der Waals surface area contributed by atoms with Crippen LogP contribution in [-0.2, 0) is 9.73 Å². The average Bonchev–Trinajstić information content (AvgIpc) is 2.85. The van der Waals surface area contributed by atoms with Gasteiger partial charge in [0.05, 0.1) is 36.8 Å². The predicted molar refractivity (Wildman–Crippen MR) is 142 cm³/mol. The Morgan fingerprint density at radius 3 is 2.53 bits per heavy atom. The minimum Gasteiger partial charge on any atom is -0.361 e. The number of anilines is 1. The molecule has 5 aromatic rings. The number of halogens is 1. The molecule has 3 heterocycles. The van der Waals surface area contributed by atoms with Gasteiger partial charge in [-0.2, -0.15) is 0 Å². The second kappa shape index (κ2) is 8.89. The summed E-state index contributed by atoms with van der Waals surface area (Å²) in [5, 5.41) is 4.28. The van der Waals surface area contributed by atoms with Crippen molar-refractivity contribution in [3.05, 3.63) is 98.4 Å². The van der Waals surface area contributed by atoms with Crippen molar-refractivity contribution < 1.29 is 4.21 Å². The molecule has 36 heavy (non-hydrogen) atoms. The van der Waals surface area contributed by atoms with Crippen molar-refractivity contribution in [1.82, 2.24) is 19.5 Å². The van der Waals surface area contributed by atoms with E-state index >= 15 is 0 Å². The molecule has 0 aliphatic heterocycles. The molecule has 11 heteroatoms. The lowest BCUT2D eigenvalue weighted by atomic mass is 10.1. The zero-order valence-corrected chi connectivity index (χ0v) is 20.9. The third-order valence-corrected chi connectivity index (χ3v) is 7.47. The van der Waals surface area contributed by atoms with E-state index in [-0.39, 0.29) is 31.9 Å². The molecule has 9 nitrogen and oxygen atoms in total. The molecular formula is C25H21ClN6O3S. The van der Waals surface area contributed by atoms with E-state index in [4.69, 9.17) is 16.4 Å². The van der Waals surface area contributed by atoms with Gasteiger partial charge in [-0.1, -0.05) is 41.9 Å². The van der Waals surface area contributed by atoms with Crippen LogP contribution in [0.3, 0.4) is 0 Å². The third kappa shape index (κ3) is 3.94. The highest BCUT2D eigenvalue weighted by atomic mass is 35.5. The molecule has 5 rings (SSSR count). The molecule has 0 fully saturated rings. The maximum atomic E-state index is 14.0. The first-order valence-corrected chi connectivity index (χ1v) is 13.3. The van der Waals surface area contributed by atoms with E-state index in [1.165, 1.54) is 35.5 Å². The number of hydrogen-bond acceptors (Lipinski definition) is 7. The minimum atomic E-state index is -3.22. The van der Waals surface area contributed by atoms with Crippen molar-refractivity contribution in [3.63, 3.8) is 0 Å². The van der Waals surface area contributed by atoms with Crippen LogP contribution in [0.1, 0.15) is 18.7 Å². The van der Waals surface area contributed by atoms with E-state index in [1.807, 2.05) is 6.07 Å². The van der Waals surface area contributed by atoms with E-state index in [9.17, 15) is 13.8 Å². The summed E-state index contributed by atoms with van der Waals surface area (Å²) in [5.74, 6) is 0.286. The minimum absolute atomic E-state index is 0.122. The molecule has 1 unspecified atom stereocenters. The fourth-order valence-electron chi connectivity index (χ4n) is 4.32. The molecule has 3 N–H and O–H groups in total. The summed E-state index contributed by atoms with van der Waals surface area (Å²) >= 11 is 6.95. The molecule has 3 aromatic heterocycles. The normalized spacial score (nSPS) is 14.0. The molecule has 0 saturated carbocycles. The number of nitrogens with one attached hydrogen (secondary N) is 3. The standard InChI is InChI=1S/C25H21ClN6O3S/c1-14(31-24-20-17(33)11-12-28-23(20)29-13-30-24)22-21(26)16-9-6-10-18(36(2,27)35)19(16)25(34)32(22)15-7-4-3-5-8-15/h3-14,27H,1-2H3,(H2,28,29,30,31,33)/t14-,36?/m0/s1. The van der Waals surface area contributed by atoms with Gasteiger partial charge in [-0.15, -0.1) is 0 Å². The number of rotatable bonds is 5. The number of aromatic amines is 1. The molecule has 0 aliphatic rings. The second-order valence-corrected chi connectivity index (χ2v) is 10.9. The van der Waals surface area contributed by atoms with Gasteiger partial charge in [0.2, 0.25) is 0 Å². The SMILES string of the molecule is C[C@H](Nc1ncnc2[nH]ccc(=O)c12)c1c(Cl)c2cccc(S(C)(=N)=O)c2c(=O)n1-c1ccccc1. The molecule has 0 bridgehead atoms. The zero-order valence-electron chi connectivity index (χ0n) is 19.3. The highest BCUT2D eigenvalue weighted by Crippen LogP contribution is 2.35. The first-order chi connectivity index (χ1) is 17.2. The Hall–Kier alpha value is -4.02. The topological polar surface area (TPSA) is 134 Å². The van der Waals surface area contributed by atoms with E-state index in [0.29, 0.717) is 22.4 Å². The van der Waals surface area contributed by atoms with Gasteiger partial charge in [-0.05, 0) is 25.1 Å². The number of aromatic nitrogens is 4. The monoisotopic (exact) mass is 520 g/mol. The predicted octanol–water partition coefficient (Wildman–Crippen LogP) is 4.48. The van der Waals surface area contributed by atoms with Crippen LogP contribution in [0, 0.1) is 4.78 Å². The van der Waals surface area contributed by atoms with Gasteiger partial charge in [0.15, 0.2) is 5.43 Å². The Bertz CT molecular complexity index is 1860. The summed E-state index contributed by atoms with van der Waals surface area (Å²) in [6.07, 6.45) is 4.11. The van der Waals surface area contributed by atoms with Crippen molar-refractivity contribution >= 4 is 49.0 Å². The van der Waals surface area contributed by atoms with Crippen LogP contribution in [0.25, 0.3) is 27.5 Å². The second-order valence-electron chi connectivity index (χ2n) is 8.35. The van der Waals surface area contributed by atoms with Gasteiger partial charge < -0.3 is 10.3 Å². The molecule has 0 saturated heterocycles. The number of pyridine rings is 2. The lowest BCUT2D eigenvalue weighted by Crippen LogP contribution is -2.27. The third-order valence-electron chi connectivity index (χ3n) is 5.89. The Morgan fingerprint density at radius 1 is 1.06 bits per heavy atom. The summed E-state index contributed by atoms with van der Waals surface area (Å²) in [5.41, 5.74) is 0.621. The lowest BCUT2D eigenvalue weighted by molar-refractivity contribution is 0.679. The van der Waals surface area contributed by atoms with Gasteiger partial charge in [-0.25, -0.2) is 19.0 Å². The number of para-hydroxylation sites is 1. The fourth-order valence-corrected chi connectivity index (χ4v) is 5.66. The molecule has 0 spiro atoms. The first kappa shape index (κ1) is 23.7. The molecule has 0 aliphatic carbocycles. The quantitative estimate of drug-likeness (QED) is 0.313. The van der Waals surface area contributed by atoms with Crippen LogP contribution in [0.5, 0.6) is 0 Å². The summed E-state index contributed by atoms with van der Waals surface area (Å²) in [6, 6.07) is 14.5. The largest absolute Gasteiger partial charge is 0.361 e. The molecule has 0 amide bonds. The van der Waals surface area contributed by atoms with E-state index < -0.39 is 21.3 Å². The van der Waals surface area contributed by atoms with Gasteiger partial charge >= 0.3 is 0 Å². The number of hydrogen-bond donors (Lipinski definition) is 3. The van der Waals surface area contributed by atoms with Gasteiger partial charge in [0, 0.05) is 29.6 Å². The van der Waals surface area contributed by atoms with Gasteiger partial charge in [0.25, 0.3) is 5.56 Å². The maximum absolute atomic E-state index is 14.0. The van der Waals surface area contributed by atoms with Crippen LogP contribution in [0.4, 0.5) is 5.82 Å². The van der Waals surface area contributed by atoms with Crippen molar-refractivity contribution in [2.45, 2.75) is 17.9 Å². The van der Waals surface area contributed by atoms with Crippen LogP contribution in [-0.4, -0.2) is 30.0 Å². The van der Waals surface area contributed by atoms with Crippen molar-refractivity contribution in [2.75, 3.05) is 11.6 Å². The number of benzene rings is 2. The lowest BCUT2D eigenvalue weighted by Gasteiger charge is -2.24. The van der Waals surface area contributed by atoms with Crippen molar-refractivity contribution in [1.29, 1.82) is 4.78 Å². The highest BCUT2D eigenvalue weighted by Gasteiger charge is 2.25. The van der Waals surface area contributed by atoms with Crippen molar-refractivity contribution in [3.8, 4) is 5.69 Å². The molecule has 2 aromatic carbocycles. The van der Waals surface area contributed by atoms with Crippen LogP contribution in [0.2, 0.25) is 5.02 Å². The molecular weight excluding hydrogens is 500 g/mol. The first-order valence-electron chi connectivity index (χ1n) is 10.9. The van der Waals surface area contributed by atoms with Gasteiger partial charge in [-0.3, -0.25) is 14.2 Å². The van der Waals surface area contributed by atoms with Crippen LogP contribution < -0.4 is 16.3 Å². The molecule has 0 radical (unpaired) electrons. The Kier molecular flexibility index (Phi) is 5.85. The smallest absolute Gasteiger partial charge is 0.264 e. The highest BCUT2D eigenvalue weighted by molar-refractivity contribution is 7.92. The summed E-state index contributed by atoms with van der Waals surface area (Å²) in [6.45, 7) is 1.80. The Balaban J connectivity index is 1.82. The Morgan fingerprint density at radius 2 is 1.81 bits per heavy atom. The van der Waals surface area contributed by atoms with Gasteiger partial charge in [0.1, 0.15) is 23.2 Å².